The molecule has 3 aliphatic heterocycles. The van der Waals surface area contributed by atoms with Crippen LogP contribution < -0.4 is 0 Å². The van der Waals surface area contributed by atoms with Gasteiger partial charge < -0.3 is 19.4 Å². The van der Waals surface area contributed by atoms with Gasteiger partial charge in [0.25, 0.3) is 11.8 Å². The minimum Gasteiger partial charge on any atom is -0.353 e. The van der Waals surface area contributed by atoms with Crippen LogP contribution in [0, 0.1) is 12.7 Å². The standard InChI is InChI=1S/C28H33FN4O4/c1-20-4-3-5-22(18-20)25(34)31-12-10-28(11-13-31)33(26(35)21-6-8-23(29)9-7-21)24(19-37-28)27(36)32-16-14-30(2)15-17-32/h3-9,18,24H,10-17,19H2,1-2H3/t24-/m1/s1. The van der Waals surface area contributed by atoms with Gasteiger partial charge in [0, 0.05) is 63.2 Å². The van der Waals surface area contributed by atoms with Crippen LogP contribution in [0.5, 0.6) is 0 Å². The van der Waals surface area contributed by atoms with E-state index in [1.54, 1.807) is 20.8 Å². The zero-order valence-electron chi connectivity index (χ0n) is 21.4. The SMILES string of the molecule is Cc1cccc(C(=O)N2CCC3(CC2)OC[C@H](C(=O)N2CCN(C)CC2)N3C(=O)c2ccc(F)cc2)c1. The van der Waals surface area contributed by atoms with E-state index in [0.29, 0.717) is 50.1 Å². The van der Waals surface area contributed by atoms with Crippen LogP contribution in [0.1, 0.15) is 39.1 Å². The van der Waals surface area contributed by atoms with E-state index in [9.17, 15) is 18.8 Å². The third kappa shape index (κ3) is 4.98. The first-order valence-corrected chi connectivity index (χ1v) is 12.8. The Morgan fingerprint density at radius 3 is 2.19 bits per heavy atom. The van der Waals surface area contributed by atoms with Crippen LogP contribution in [0.15, 0.2) is 48.5 Å². The fourth-order valence-corrected chi connectivity index (χ4v) is 5.54. The maximum atomic E-state index is 13.8. The Balaban J connectivity index is 1.39. The largest absolute Gasteiger partial charge is 0.353 e. The molecule has 8 nitrogen and oxygen atoms in total. The molecule has 0 aromatic heterocycles. The first-order valence-electron chi connectivity index (χ1n) is 12.8. The monoisotopic (exact) mass is 508 g/mol. The number of likely N-dealkylation sites (N-methyl/N-ethyl adjacent to an activating group) is 1. The van der Waals surface area contributed by atoms with Gasteiger partial charge >= 0.3 is 0 Å². The summed E-state index contributed by atoms with van der Waals surface area (Å²) in [6.07, 6.45) is 0.786. The van der Waals surface area contributed by atoms with Crippen molar-refractivity contribution in [1.29, 1.82) is 0 Å². The number of ether oxygens (including phenoxy) is 1. The maximum absolute atomic E-state index is 13.8. The van der Waals surface area contributed by atoms with Crippen LogP contribution in [-0.4, -0.2) is 102 Å². The number of hydrogen-bond acceptors (Lipinski definition) is 5. The van der Waals surface area contributed by atoms with E-state index in [0.717, 1.165) is 18.7 Å². The van der Waals surface area contributed by atoms with Crippen molar-refractivity contribution >= 4 is 17.7 Å². The van der Waals surface area contributed by atoms with Crippen molar-refractivity contribution in [2.45, 2.75) is 31.5 Å². The highest BCUT2D eigenvalue weighted by atomic mass is 19.1. The molecule has 196 valence electrons. The lowest BCUT2D eigenvalue weighted by Crippen LogP contribution is -2.61. The van der Waals surface area contributed by atoms with Crippen molar-refractivity contribution in [1.82, 2.24) is 19.6 Å². The van der Waals surface area contributed by atoms with Gasteiger partial charge in [0.05, 0.1) is 6.61 Å². The zero-order valence-corrected chi connectivity index (χ0v) is 21.4. The normalized spacial score (nSPS) is 21.9. The molecule has 0 aliphatic carbocycles. The first kappa shape index (κ1) is 25.4. The fraction of sp³-hybridized carbons (Fsp3) is 0.464. The van der Waals surface area contributed by atoms with Gasteiger partial charge in [0.1, 0.15) is 17.6 Å². The molecule has 0 unspecified atom stereocenters. The molecule has 5 rings (SSSR count). The third-order valence-corrected chi connectivity index (χ3v) is 7.77. The van der Waals surface area contributed by atoms with Crippen molar-refractivity contribution < 1.29 is 23.5 Å². The Bertz CT molecular complexity index is 1170. The summed E-state index contributed by atoms with van der Waals surface area (Å²) in [5.74, 6) is -0.975. The van der Waals surface area contributed by atoms with Crippen LogP contribution in [0.25, 0.3) is 0 Å². The van der Waals surface area contributed by atoms with Crippen molar-refractivity contribution in [2.24, 2.45) is 0 Å². The summed E-state index contributed by atoms with van der Waals surface area (Å²) in [6, 6.07) is 12.1. The topological polar surface area (TPSA) is 73.4 Å². The molecular weight excluding hydrogens is 475 g/mol. The second kappa shape index (κ2) is 10.2. The molecule has 1 spiro atoms. The van der Waals surface area contributed by atoms with E-state index < -0.39 is 17.6 Å². The van der Waals surface area contributed by atoms with Crippen LogP contribution in [0.2, 0.25) is 0 Å². The number of hydrogen-bond donors (Lipinski definition) is 0. The van der Waals surface area contributed by atoms with Gasteiger partial charge in [-0.2, -0.15) is 0 Å². The highest BCUT2D eigenvalue weighted by Crippen LogP contribution is 2.39. The average molecular weight is 509 g/mol. The third-order valence-electron chi connectivity index (χ3n) is 7.77. The average Bonchev–Trinajstić information content (AvgIpc) is 3.27. The van der Waals surface area contributed by atoms with Crippen LogP contribution in [0.3, 0.4) is 0 Å². The van der Waals surface area contributed by atoms with E-state index in [4.69, 9.17) is 4.74 Å². The molecule has 2 aromatic rings. The number of likely N-dealkylation sites (tertiary alicyclic amines) is 1. The second-order valence-electron chi connectivity index (χ2n) is 10.2. The Morgan fingerprint density at radius 1 is 0.865 bits per heavy atom. The molecule has 37 heavy (non-hydrogen) atoms. The van der Waals surface area contributed by atoms with E-state index in [1.807, 2.05) is 32.2 Å². The Hall–Kier alpha value is -3.30. The molecule has 0 saturated carbocycles. The lowest BCUT2D eigenvalue weighted by atomic mass is 9.95. The van der Waals surface area contributed by atoms with E-state index in [1.165, 1.54) is 24.3 Å². The van der Waals surface area contributed by atoms with Crippen molar-refractivity contribution in [2.75, 3.05) is 52.9 Å². The number of piperidine rings is 1. The number of halogens is 1. The van der Waals surface area contributed by atoms with Gasteiger partial charge in [-0.05, 0) is 50.4 Å². The van der Waals surface area contributed by atoms with E-state index in [2.05, 4.69) is 4.90 Å². The van der Waals surface area contributed by atoms with Gasteiger partial charge in [-0.15, -0.1) is 0 Å². The second-order valence-corrected chi connectivity index (χ2v) is 10.2. The summed E-state index contributed by atoms with van der Waals surface area (Å²) >= 11 is 0. The minimum absolute atomic E-state index is 0.0574. The smallest absolute Gasteiger partial charge is 0.256 e. The Kier molecular flexibility index (Phi) is 7.00. The van der Waals surface area contributed by atoms with Crippen molar-refractivity contribution in [3.8, 4) is 0 Å². The van der Waals surface area contributed by atoms with Crippen LogP contribution in [-0.2, 0) is 9.53 Å². The maximum Gasteiger partial charge on any atom is 0.256 e. The number of amides is 3. The molecule has 3 amide bonds. The molecular formula is C28H33FN4O4. The molecule has 0 N–H and O–H groups in total. The molecule has 1 atom stereocenters. The van der Waals surface area contributed by atoms with Gasteiger partial charge in [0.2, 0.25) is 5.91 Å². The highest BCUT2D eigenvalue weighted by molar-refractivity contribution is 5.98. The molecule has 3 aliphatic rings. The molecule has 0 bridgehead atoms. The van der Waals surface area contributed by atoms with Gasteiger partial charge in [-0.3, -0.25) is 19.3 Å². The van der Waals surface area contributed by atoms with Gasteiger partial charge in [-0.1, -0.05) is 17.7 Å². The van der Waals surface area contributed by atoms with Crippen molar-refractivity contribution in [3.63, 3.8) is 0 Å². The summed E-state index contributed by atoms with van der Waals surface area (Å²) in [5, 5.41) is 0. The summed E-state index contributed by atoms with van der Waals surface area (Å²) in [5.41, 5.74) is 0.952. The van der Waals surface area contributed by atoms with Gasteiger partial charge in [0.15, 0.2) is 0 Å². The zero-order chi connectivity index (χ0) is 26.2. The quantitative estimate of drug-likeness (QED) is 0.637. The number of rotatable bonds is 3. The number of nitrogens with zero attached hydrogens (tertiary/aromatic N) is 4. The molecule has 0 radical (unpaired) electrons. The number of benzene rings is 2. The molecule has 3 fully saturated rings. The Labute approximate surface area is 216 Å². The highest BCUT2D eigenvalue weighted by Gasteiger charge is 2.55. The van der Waals surface area contributed by atoms with Crippen LogP contribution in [0.4, 0.5) is 4.39 Å². The molecule has 3 heterocycles. The molecule has 9 heteroatoms. The first-order chi connectivity index (χ1) is 17.8. The van der Waals surface area contributed by atoms with E-state index in [-0.39, 0.29) is 24.3 Å². The number of aryl methyl sites for hydroxylation is 1. The lowest BCUT2D eigenvalue weighted by molar-refractivity contribution is -0.139. The number of piperazine rings is 1. The van der Waals surface area contributed by atoms with E-state index >= 15 is 0 Å². The van der Waals surface area contributed by atoms with Crippen molar-refractivity contribution in [3.05, 3.63) is 71.0 Å². The Morgan fingerprint density at radius 2 is 1.54 bits per heavy atom. The molecule has 2 aromatic carbocycles. The fourth-order valence-electron chi connectivity index (χ4n) is 5.54. The minimum atomic E-state index is -0.998. The summed E-state index contributed by atoms with van der Waals surface area (Å²) in [6.45, 7) is 5.57. The number of carbonyl (C=O) groups excluding carboxylic acids is 3. The summed E-state index contributed by atoms with van der Waals surface area (Å²) in [4.78, 5) is 47.9. The van der Waals surface area contributed by atoms with Crippen LogP contribution >= 0.6 is 0 Å². The number of carbonyl (C=O) groups is 3. The predicted octanol–water partition coefficient (Wildman–Crippen LogP) is 2.38. The lowest BCUT2D eigenvalue weighted by Gasteiger charge is -2.45. The summed E-state index contributed by atoms with van der Waals surface area (Å²) < 4.78 is 19.9. The summed E-state index contributed by atoms with van der Waals surface area (Å²) in [7, 11) is 2.02. The van der Waals surface area contributed by atoms with Gasteiger partial charge in [-0.25, -0.2) is 4.39 Å². The predicted molar refractivity (Wildman–Crippen MR) is 135 cm³/mol. The molecule has 3 saturated heterocycles.